The Kier molecular flexibility index (Phi) is 7.60. The summed E-state index contributed by atoms with van der Waals surface area (Å²) >= 11 is 1.82. The molecule has 0 saturated carbocycles. The molecule has 4 nitrogen and oxygen atoms in total. The highest BCUT2D eigenvalue weighted by Crippen LogP contribution is 2.18. The van der Waals surface area contributed by atoms with Crippen LogP contribution in [0.15, 0.2) is 35.2 Å². The van der Waals surface area contributed by atoms with Crippen LogP contribution in [0, 0.1) is 5.92 Å². The molecule has 1 aromatic carbocycles. The predicted octanol–water partition coefficient (Wildman–Crippen LogP) is 3.28. The van der Waals surface area contributed by atoms with Crippen LogP contribution < -0.4 is 10.6 Å². The highest BCUT2D eigenvalue weighted by Gasteiger charge is 2.21. The number of carbonyl (C=O) groups excluding carboxylic acids is 1. The lowest BCUT2D eigenvalue weighted by Gasteiger charge is -2.28. The number of nitrogens with one attached hydrogen (secondary N) is 2. The average Bonchev–Trinajstić information content (AvgIpc) is 2.56. The summed E-state index contributed by atoms with van der Waals surface area (Å²) in [5.74, 6) is 1.55. The van der Waals surface area contributed by atoms with E-state index in [1.54, 1.807) is 0 Å². The van der Waals surface area contributed by atoms with Crippen LogP contribution >= 0.6 is 11.8 Å². The van der Waals surface area contributed by atoms with Crippen LogP contribution in [-0.2, 0) is 4.74 Å². The van der Waals surface area contributed by atoms with E-state index in [9.17, 15) is 4.79 Å². The molecule has 1 fully saturated rings. The van der Waals surface area contributed by atoms with Crippen LogP contribution in [0.4, 0.5) is 4.79 Å². The van der Waals surface area contributed by atoms with Crippen LogP contribution in [0.2, 0.25) is 0 Å². The molecule has 2 rings (SSSR count). The highest BCUT2D eigenvalue weighted by molar-refractivity contribution is 7.99. The van der Waals surface area contributed by atoms with Crippen molar-refractivity contribution in [2.75, 3.05) is 25.5 Å². The molecule has 1 atom stereocenters. The minimum Gasteiger partial charge on any atom is -0.381 e. The number of hydrogen-bond donors (Lipinski definition) is 2. The van der Waals surface area contributed by atoms with Gasteiger partial charge < -0.3 is 15.4 Å². The summed E-state index contributed by atoms with van der Waals surface area (Å²) in [6.07, 6.45) is 3.04. The number of carbonyl (C=O) groups is 1. The van der Waals surface area contributed by atoms with Crippen LogP contribution in [0.5, 0.6) is 0 Å². The first kappa shape index (κ1) is 17.2. The van der Waals surface area contributed by atoms with Gasteiger partial charge in [0.25, 0.3) is 0 Å². The second-order valence-electron chi connectivity index (χ2n) is 5.65. The van der Waals surface area contributed by atoms with Crippen molar-refractivity contribution in [3.8, 4) is 0 Å². The molecule has 0 bridgehead atoms. The molecular formula is C17H26N2O2S. The average molecular weight is 322 g/mol. The summed E-state index contributed by atoms with van der Waals surface area (Å²) in [6, 6.07) is 10.5. The van der Waals surface area contributed by atoms with E-state index in [4.69, 9.17) is 4.74 Å². The Morgan fingerprint density at radius 2 is 2.05 bits per heavy atom. The van der Waals surface area contributed by atoms with Gasteiger partial charge in [-0.25, -0.2) is 4.79 Å². The molecule has 0 aromatic heterocycles. The van der Waals surface area contributed by atoms with Gasteiger partial charge in [0.15, 0.2) is 0 Å². The minimum atomic E-state index is -0.0521. The van der Waals surface area contributed by atoms with Crippen LogP contribution in [0.25, 0.3) is 0 Å². The van der Waals surface area contributed by atoms with Crippen LogP contribution in [-0.4, -0.2) is 37.6 Å². The van der Waals surface area contributed by atoms with E-state index in [1.807, 2.05) is 30.0 Å². The number of hydrogen-bond acceptors (Lipinski definition) is 3. The quantitative estimate of drug-likeness (QED) is 0.598. The number of thioether (sulfide) groups is 1. The maximum Gasteiger partial charge on any atom is 0.315 e. The molecule has 1 aliphatic heterocycles. The Balaban J connectivity index is 1.53. The summed E-state index contributed by atoms with van der Waals surface area (Å²) in [5, 5.41) is 5.99. The van der Waals surface area contributed by atoms with E-state index in [2.05, 4.69) is 29.7 Å². The van der Waals surface area contributed by atoms with E-state index in [1.165, 1.54) is 4.90 Å². The zero-order valence-electron chi connectivity index (χ0n) is 13.2. The number of amides is 2. The summed E-state index contributed by atoms with van der Waals surface area (Å²) in [5.41, 5.74) is 0. The molecule has 122 valence electrons. The molecule has 5 heteroatoms. The van der Waals surface area contributed by atoms with Crippen molar-refractivity contribution in [3.05, 3.63) is 30.3 Å². The molecule has 0 radical (unpaired) electrons. The molecule has 22 heavy (non-hydrogen) atoms. The van der Waals surface area contributed by atoms with E-state index in [-0.39, 0.29) is 12.1 Å². The fraction of sp³-hybridized carbons (Fsp3) is 0.588. The van der Waals surface area contributed by atoms with E-state index >= 15 is 0 Å². The van der Waals surface area contributed by atoms with Crippen LogP contribution in [0.3, 0.4) is 0 Å². The molecule has 0 aliphatic carbocycles. The molecule has 1 aliphatic rings. The molecule has 1 heterocycles. The van der Waals surface area contributed by atoms with Gasteiger partial charge in [-0.2, -0.15) is 0 Å². The number of urea groups is 1. The number of rotatable bonds is 7. The summed E-state index contributed by atoms with van der Waals surface area (Å²) < 4.78 is 5.35. The molecule has 1 saturated heterocycles. The van der Waals surface area contributed by atoms with E-state index < -0.39 is 0 Å². The van der Waals surface area contributed by atoms with Gasteiger partial charge in [-0.15, -0.1) is 11.8 Å². The van der Waals surface area contributed by atoms with E-state index in [0.29, 0.717) is 12.5 Å². The van der Waals surface area contributed by atoms with Gasteiger partial charge in [0.05, 0.1) is 0 Å². The first-order chi connectivity index (χ1) is 10.8. The van der Waals surface area contributed by atoms with Crippen molar-refractivity contribution in [3.63, 3.8) is 0 Å². The van der Waals surface area contributed by atoms with Crippen molar-refractivity contribution in [2.45, 2.75) is 37.1 Å². The third-order valence-corrected chi connectivity index (χ3v) is 5.05. The van der Waals surface area contributed by atoms with Gasteiger partial charge in [0.1, 0.15) is 0 Å². The normalized spacial score (nSPS) is 17.0. The van der Waals surface area contributed by atoms with Gasteiger partial charge in [-0.3, -0.25) is 0 Å². The number of benzene rings is 1. The fourth-order valence-corrected chi connectivity index (χ4v) is 3.45. The fourth-order valence-electron chi connectivity index (χ4n) is 2.57. The lowest BCUT2D eigenvalue weighted by molar-refractivity contribution is 0.0571. The van der Waals surface area contributed by atoms with Gasteiger partial charge in [0.2, 0.25) is 0 Å². The SMILES string of the molecule is CC(NC(=O)NCCCSc1ccccc1)C1CCOCC1. The Morgan fingerprint density at radius 3 is 2.77 bits per heavy atom. The van der Waals surface area contributed by atoms with Gasteiger partial charge >= 0.3 is 6.03 Å². The largest absolute Gasteiger partial charge is 0.381 e. The Labute approximate surface area is 137 Å². The summed E-state index contributed by atoms with van der Waals surface area (Å²) in [4.78, 5) is 13.1. The standard InChI is InChI=1S/C17H26N2O2S/c1-14(15-8-11-21-12-9-15)19-17(20)18-10-5-13-22-16-6-3-2-4-7-16/h2-4,6-7,14-15H,5,8-13H2,1H3,(H2,18,19,20). The first-order valence-corrected chi connectivity index (χ1v) is 9.04. The lowest BCUT2D eigenvalue weighted by Crippen LogP contribution is -2.45. The lowest BCUT2D eigenvalue weighted by atomic mass is 9.93. The second kappa shape index (κ2) is 9.74. The summed E-state index contributed by atoms with van der Waals surface area (Å²) in [7, 11) is 0. The van der Waals surface area contributed by atoms with Gasteiger partial charge in [0, 0.05) is 30.7 Å². The van der Waals surface area contributed by atoms with Crippen LogP contribution in [0.1, 0.15) is 26.2 Å². The Hall–Kier alpha value is -1.20. The van der Waals surface area contributed by atoms with E-state index in [0.717, 1.165) is 38.2 Å². The number of ether oxygens (including phenoxy) is 1. The Morgan fingerprint density at radius 1 is 1.32 bits per heavy atom. The highest BCUT2D eigenvalue weighted by atomic mass is 32.2. The van der Waals surface area contributed by atoms with Crippen molar-refractivity contribution in [1.82, 2.24) is 10.6 Å². The first-order valence-electron chi connectivity index (χ1n) is 8.05. The minimum absolute atomic E-state index is 0.0521. The van der Waals surface area contributed by atoms with Crippen molar-refractivity contribution >= 4 is 17.8 Å². The van der Waals surface area contributed by atoms with Crippen molar-refractivity contribution in [1.29, 1.82) is 0 Å². The zero-order chi connectivity index (χ0) is 15.6. The third-order valence-electron chi connectivity index (χ3n) is 3.95. The molecule has 0 spiro atoms. The second-order valence-corrected chi connectivity index (χ2v) is 6.82. The smallest absolute Gasteiger partial charge is 0.315 e. The van der Waals surface area contributed by atoms with Crippen molar-refractivity contribution < 1.29 is 9.53 Å². The predicted molar refractivity (Wildman–Crippen MR) is 91.3 cm³/mol. The Bertz CT molecular complexity index is 436. The van der Waals surface area contributed by atoms with Gasteiger partial charge in [-0.1, -0.05) is 18.2 Å². The monoisotopic (exact) mass is 322 g/mol. The van der Waals surface area contributed by atoms with Gasteiger partial charge in [-0.05, 0) is 50.0 Å². The molecular weight excluding hydrogens is 296 g/mol. The molecule has 2 N–H and O–H groups in total. The molecule has 1 aromatic rings. The zero-order valence-corrected chi connectivity index (χ0v) is 14.0. The summed E-state index contributed by atoms with van der Waals surface area (Å²) in [6.45, 7) is 4.43. The maximum absolute atomic E-state index is 11.9. The molecule has 2 amide bonds. The topological polar surface area (TPSA) is 50.4 Å². The molecule has 1 unspecified atom stereocenters. The van der Waals surface area contributed by atoms with Crippen molar-refractivity contribution in [2.24, 2.45) is 5.92 Å². The third kappa shape index (κ3) is 6.28. The maximum atomic E-state index is 11.9.